The number of hydrogen-bond acceptors (Lipinski definition) is 3. The van der Waals surface area contributed by atoms with Crippen molar-refractivity contribution in [3.8, 4) is 0 Å². The van der Waals surface area contributed by atoms with Crippen LogP contribution in [0.4, 0.5) is 0 Å². The number of carbonyl (C=O) groups excluding carboxylic acids is 1. The van der Waals surface area contributed by atoms with E-state index < -0.39 is 0 Å². The SMILES string of the molecule is CCOC(=O)CN(Cc1ccccc1)C1CC1. The Bertz CT molecular complexity index is 360. The highest BCUT2D eigenvalue weighted by Gasteiger charge is 2.30. The van der Waals surface area contributed by atoms with E-state index in [1.165, 1.54) is 18.4 Å². The van der Waals surface area contributed by atoms with Gasteiger partial charge >= 0.3 is 5.97 Å². The van der Waals surface area contributed by atoms with Crippen LogP contribution in [0.5, 0.6) is 0 Å². The zero-order valence-electron chi connectivity index (χ0n) is 10.3. The monoisotopic (exact) mass is 233 g/mol. The normalized spacial score (nSPS) is 14.9. The Morgan fingerprint density at radius 3 is 2.65 bits per heavy atom. The molecule has 92 valence electrons. The second-order valence-corrected chi connectivity index (χ2v) is 4.43. The molecule has 0 unspecified atom stereocenters. The molecule has 0 radical (unpaired) electrons. The smallest absolute Gasteiger partial charge is 0.320 e. The minimum Gasteiger partial charge on any atom is -0.465 e. The number of rotatable bonds is 6. The predicted molar refractivity (Wildman–Crippen MR) is 66.5 cm³/mol. The fraction of sp³-hybridized carbons (Fsp3) is 0.500. The van der Waals surface area contributed by atoms with Crippen molar-refractivity contribution in [3.05, 3.63) is 35.9 Å². The highest BCUT2D eigenvalue weighted by molar-refractivity contribution is 5.71. The van der Waals surface area contributed by atoms with Crippen molar-refractivity contribution >= 4 is 5.97 Å². The van der Waals surface area contributed by atoms with E-state index in [1.54, 1.807) is 0 Å². The number of benzene rings is 1. The molecule has 0 aromatic heterocycles. The molecule has 1 saturated carbocycles. The van der Waals surface area contributed by atoms with Crippen LogP contribution in [0.1, 0.15) is 25.3 Å². The first-order valence-electron chi connectivity index (χ1n) is 6.23. The molecule has 0 atom stereocenters. The third-order valence-electron chi connectivity index (χ3n) is 2.93. The molecule has 0 saturated heterocycles. The highest BCUT2D eigenvalue weighted by Crippen LogP contribution is 2.28. The molecule has 1 aromatic carbocycles. The van der Waals surface area contributed by atoms with Crippen molar-refractivity contribution in [2.24, 2.45) is 0 Å². The lowest BCUT2D eigenvalue weighted by Gasteiger charge is -2.20. The first kappa shape index (κ1) is 12.1. The molecule has 0 amide bonds. The number of ether oxygens (including phenoxy) is 1. The van der Waals surface area contributed by atoms with Crippen molar-refractivity contribution in [3.63, 3.8) is 0 Å². The Kier molecular flexibility index (Phi) is 4.15. The van der Waals surface area contributed by atoms with E-state index in [1.807, 2.05) is 25.1 Å². The van der Waals surface area contributed by atoms with Gasteiger partial charge in [0.15, 0.2) is 0 Å². The first-order chi connectivity index (χ1) is 8.29. The van der Waals surface area contributed by atoms with E-state index in [0.717, 1.165) is 6.54 Å². The molecular weight excluding hydrogens is 214 g/mol. The second-order valence-electron chi connectivity index (χ2n) is 4.43. The van der Waals surface area contributed by atoms with Gasteiger partial charge in [-0.25, -0.2) is 0 Å². The van der Waals surface area contributed by atoms with Crippen LogP contribution in [-0.2, 0) is 16.1 Å². The maximum atomic E-state index is 11.5. The van der Waals surface area contributed by atoms with Crippen LogP contribution in [0.15, 0.2) is 30.3 Å². The van der Waals surface area contributed by atoms with E-state index in [-0.39, 0.29) is 5.97 Å². The Hall–Kier alpha value is -1.35. The molecule has 1 aliphatic rings. The van der Waals surface area contributed by atoms with Gasteiger partial charge in [-0.2, -0.15) is 0 Å². The molecule has 0 aliphatic heterocycles. The van der Waals surface area contributed by atoms with Crippen LogP contribution in [0.3, 0.4) is 0 Å². The molecule has 0 bridgehead atoms. The third kappa shape index (κ3) is 3.86. The summed E-state index contributed by atoms with van der Waals surface area (Å²) in [6.07, 6.45) is 2.40. The zero-order valence-corrected chi connectivity index (χ0v) is 10.3. The Morgan fingerprint density at radius 1 is 1.35 bits per heavy atom. The van der Waals surface area contributed by atoms with Gasteiger partial charge in [-0.15, -0.1) is 0 Å². The minimum absolute atomic E-state index is 0.115. The summed E-state index contributed by atoms with van der Waals surface area (Å²) in [5.74, 6) is -0.115. The van der Waals surface area contributed by atoms with Crippen LogP contribution in [0.25, 0.3) is 0 Å². The van der Waals surface area contributed by atoms with Gasteiger partial charge in [-0.1, -0.05) is 30.3 Å². The first-order valence-corrected chi connectivity index (χ1v) is 6.23. The summed E-state index contributed by atoms with van der Waals surface area (Å²) in [4.78, 5) is 13.7. The Morgan fingerprint density at radius 2 is 2.06 bits per heavy atom. The number of nitrogens with zero attached hydrogens (tertiary/aromatic N) is 1. The lowest BCUT2D eigenvalue weighted by molar-refractivity contribution is -0.144. The van der Waals surface area contributed by atoms with Crippen LogP contribution >= 0.6 is 0 Å². The van der Waals surface area contributed by atoms with Crippen molar-refractivity contribution in [1.29, 1.82) is 0 Å². The summed E-state index contributed by atoms with van der Waals surface area (Å²) in [5, 5.41) is 0. The molecule has 1 aromatic rings. The lowest BCUT2D eigenvalue weighted by atomic mass is 10.2. The maximum Gasteiger partial charge on any atom is 0.320 e. The molecule has 17 heavy (non-hydrogen) atoms. The molecule has 0 spiro atoms. The van der Waals surface area contributed by atoms with E-state index in [2.05, 4.69) is 17.0 Å². The lowest BCUT2D eigenvalue weighted by Crippen LogP contribution is -2.32. The highest BCUT2D eigenvalue weighted by atomic mass is 16.5. The van der Waals surface area contributed by atoms with Crippen LogP contribution in [0, 0.1) is 0 Å². The fourth-order valence-electron chi connectivity index (χ4n) is 1.94. The minimum atomic E-state index is -0.115. The van der Waals surface area contributed by atoms with Gasteiger partial charge in [-0.3, -0.25) is 9.69 Å². The van der Waals surface area contributed by atoms with Crippen molar-refractivity contribution in [2.75, 3.05) is 13.2 Å². The van der Waals surface area contributed by atoms with E-state index in [9.17, 15) is 4.79 Å². The molecule has 3 heteroatoms. The Labute approximate surface area is 102 Å². The summed E-state index contributed by atoms with van der Waals surface area (Å²) < 4.78 is 5.01. The van der Waals surface area contributed by atoms with Gasteiger partial charge in [0.05, 0.1) is 13.2 Å². The largest absolute Gasteiger partial charge is 0.465 e. The second kappa shape index (κ2) is 5.82. The molecule has 1 fully saturated rings. The van der Waals surface area contributed by atoms with Gasteiger partial charge in [0, 0.05) is 12.6 Å². The molecular formula is C14H19NO2. The summed E-state index contributed by atoms with van der Waals surface area (Å²) >= 11 is 0. The van der Waals surface area contributed by atoms with Gasteiger partial charge in [0.25, 0.3) is 0 Å². The van der Waals surface area contributed by atoms with Gasteiger partial charge < -0.3 is 4.74 Å². The Balaban J connectivity index is 1.91. The van der Waals surface area contributed by atoms with Crippen LogP contribution in [-0.4, -0.2) is 30.1 Å². The third-order valence-corrected chi connectivity index (χ3v) is 2.93. The van der Waals surface area contributed by atoms with Gasteiger partial charge in [-0.05, 0) is 25.3 Å². The molecule has 0 heterocycles. The number of hydrogen-bond donors (Lipinski definition) is 0. The average Bonchev–Trinajstić information content (AvgIpc) is 3.14. The molecule has 2 rings (SSSR count). The maximum absolute atomic E-state index is 11.5. The average molecular weight is 233 g/mol. The van der Waals surface area contributed by atoms with Crippen LogP contribution in [0.2, 0.25) is 0 Å². The predicted octanol–water partition coefficient (Wildman–Crippen LogP) is 2.21. The quantitative estimate of drug-likeness (QED) is 0.706. The zero-order chi connectivity index (χ0) is 12.1. The molecule has 3 nitrogen and oxygen atoms in total. The summed E-state index contributed by atoms with van der Waals surface area (Å²) in [6, 6.07) is 10.8. The van der Waals surface area contributed by atoms with Crippen LogP contribution < -0.4 is 0 Å². The fourth-order valence-corrected chi connectivity index (χ4v) is 1.94. The standard InChI is InChI=1S/C14H19NO2/c1-2-17-14(16)11-15(13-8-9-13)10-12-6-4-3-5-7-12/h3-7,13H,2,8-11H2,1H3. The van der Waals surface area contributed by atoms with Gasteiger partial charge in [0.2, 0.25) is 0 Å². The van der Waals surface area contributed by atoms with E-state index in [0.29, 0.717) is 19.2 Å². The summed E-state index contributed by atoms with van der Waals surface area (Å²) in [6.45, 7) is 3.55. The summed E-state index contributed by atoms with van der Waals surface area (Å²) in [5.41, 5.74) is 1.25. The van der Waals surface area contributed by atoms with Crippen molar-refractivity contribution in [1.82, 2.24) is 4.90 Å². The van der Waals surface area contributed by atoms with Crippen molar-refractivity contribution < 1.29 is 9.53 Å². The van der Waals surface area contributed by atoms with Crippen molar-refractivity contribution in [2.45, 2.75) is 32.4 Å². The van der Waals surface area contributed by atoms with E-state index in [4.69, 9.17) is 4.74 Å². The molecule has 0 N–H and O–H groups in total. The number of carbonyl (C=O) groups is 1. The van der Waals surface area contributed by atoms with Gasteiger partial charge in [0.1, 0.15) is 0 Å². The number of esters is 1. The van der Waals surface area contributed by atoms with E-state index >= 15 is 0 Å². The summed E-state index contributed by atoms with van der Waals surface area (Å²) in [7, 11) is 0. The topological polar surface area (TPSA) is 29.5 Å². The molecule has 1 aliphatic carbocycles.